The average Bonchev–Trinajstić information content (AvgIpc) is 2.50. The number of hydrogen-bond donors (Lipinski definition) is 1. The fraction of sp³-hybridized carbons (Fsp3) is 0.636. The summed E-state index contributed by atoms with van der Waals surface area (Å²) in [5.41, 5.74) is 0.946. The quantitative estimate of drug-likeness (QED) is 0.677. The van der Waals surface area contributed by atoms with Crippen molar-refractivity contribution >= 4 is 0 Å². The zero-order valence-corrected chi connectivity index (χ0v) is 8.36. The summed E-state index contributed by atoms with van der Waals surface area (Å²) in [5, 5.41) is 9.01. The lowest BCUT2D eigenvalue weighted by Crippen LogP contribution is -2.06. The predicted molar refractivity (Wildman–Crippen MR) is 53.6 cm³/mol. The average molecular weight is 182 g/mol. The minimum atomic E-state index is 0.0958. The van der Waals surface area contributed by atoms with Gasteiger partial charge in [0.15, 0.2) is 0 Å². The fourth-order valence-corrected chi connectivity index (χ4v) is 1.57. The molecule has 1 rings (SSSR count). The van der Waals surface area contributed by atoms with E-state index < -0.39 is 0 Å². The van der Waals surface area contributed by atoms with E-state index >= 15 is 0 Å². The van der Waals surface area contributed by atoms with E-state index in [1.165, 1.54) is 0 Å². The molecule has 74 valence electrons. The van der Waals surface area contributed by atoms with Crippen LogP contribution in [0, 0.1) is 0 Å². The first-order valence-electron chi connectivity index (χ1n) is 4.86. The Bertz CT molecular complexity index is 206. The maximum Gasteiger partial charge on any atom is 0.0766 e. The van der Waals surface area contributed by atoms with Crippen LogP contribution in [0.25, 0.3) is 0 Å². The molecule has 1 aliphatic rings. The zero-order valence-electron chi connectivity index (χ0n) is 8.36. The molecule has 2 heteroatoms. The summed E-state index contributed by atoms with van der Waals surface area (Å²) < 4.78 is 5.62. The molecule has 2 nitrogen and oxygen atoms in total. The summed E-state index contributed by atoms with van der Waals surface area (Å²) in [4.78, 5) is 0. The van der Waals surface area contributed by atoms with Crippen molar-refractivity contribution < 1.29 is 9.84 Å². The van der Waals surface area contributed by atoms with Crippen molar-refractivity contribution in [2.24, 2.45) is 0 Å². The number of hydrogen-bond acceptors (Lipinski definition) is 2. The molecular formula is C11H18O2. The van der Waals surface area contributed by atoms with Crippen LogP contribution in [0.1, 0.15) is 26.7 Å². The van der Waals surface area contributed by atoms with Gasteiger partial charge in [-0.3, -0.25) is 0 Å². The number of ether oxygens (including phenoxy) is 1. The Kier molecular flexibility index (Phi) is 4.19. The molecule has 0 spiro atoms. The lowest BCUT2D eigenvalue weighted by molar-refractivity contribution is 0.0826. The summed E-state index contributed by atoms with van der Waals surface area (Å²) in [7, 11) is 0. The minimum Gasteiger partial charge on any atom is -0.392 e. The molecule has 0 saturated carbocycles. The van der Waals surface area contributed by atoms with Gasteiger partial charge in [-0.15, -0.1) is 0 Å². The molecule has 0 amide bonds. The second-order valence-corrected chi connectivity index (χ2v) is 3.46. The summed E-state index contributed by atoms with van der Waals surface area (Å²) in [6.45, 7) is 4.13. The summed E-state index contributed by atoms with van der Waals surface area (Å²) in [6, 6.07) is 0. The van der Waals surface area contributed by atoms with Crippen LogP contribution in [0.5, 0.6) is 0 Å². The molecule has 0 aromatic carbocycles. The van der Waals surface area contributed by atoms with Crippen molar-refractivity contribution in [1.82, 2.24) is 0 Å². The van der Waals surface area contributed by atoms with Crippen LogP contribution < -0.4 is 0 Å². The van der Waals surface area contributed by atoms with Gasteiger partial charge < -0.3 is 9.84 Å². The molecule has 0 bridgehead atoms. The second kappa shape index (κ2) is 5.20. The lowest BCUT2D eigenvalue weighted by atomic mass is 10.1. The number of aliphatic hydroxyl groups excluding tert-OH is 1. The predicted octanol–water partition coefficient (Wildman–Crippen LogP) is 2.05. The minimum absolute atomic E-state index is 0.0958. The number of rotatable bonds is 3. The van der Waals surface area contributed by atoms with E-state index in [0.717, 1.165) is 18.4 Å². The highest BCUT2D eigenvalue weighted by Gasteiger charge is 2.19. The Morgan fingerprint density at radius 3 is 2.77 bits per heavy atom. The molecule has 1 aliphatic heterocycles. The largest absolute Gasteiger partial charge is 0.392 e. The SMILES string of the molecule is C/C=C/C(=C/[C@@H]1CC[C@@H](C)O1)CO. The fourth-order valence-electron chi connectivity index (χ4n) is 1.57. The Morgan fingerprint density at radius 2 is 2.31 bits per heavy atom. The maximum atomic E-state index is 9.01. The van der Waals surface area contributed by atoms with Crippen molar-refractivity contribution in [3.05, 3.63) is 23.8 Å². The van der Waals surface area contributed by atoms with E-state index in [0.29, 0.717) is 6.10 Å². The number of allylic oxidation sites excluding steroid dienone is 1. The van der Waals surface area contributed by atoms with Gasteiger partial charge in [-0.25, -0.2) is 0 Å². The highest BCUT2D eigenvalue weighted by Crippen LogP contribution is 2.21. The third-order valence-electron chi connectivity index (χ3n) is 2.23. The van der Waals surface area contributed by atoms with Crippen molar-refractivity contribution in [3.8, 4) is 0 Å². The van der Waals surface area contributed by atoms with Gasteiger partial charge in [0.1, 0.15) is 0 Å². The van der Waals surface area contributed by atoms with E-state index in [1.54, 1.807) is 0 Å². The van der Waals surface area contributed by atoms with Crippen molar-refractivity contribution in [2.75, 3.05) is 6.61 Å². The highest BCUT2D eigenvalue weighted by atomic mass is 16.5. The molecule has 1 heterocycles. The van der Waals surface area contributed by atoms with Gasteiger partial charge in [0.25, 0.3) is 0 Å². The first-order valence-corrected chi connectivity index (χ1v) is 4.86. The van der Waals surface area contributed by atoms with Crippen molar-refractivity contribution in [2.45, 2.75) is 38.9 Å². The van der Waals surface area contributed by atoms with Crippen LogP contribution in [0.3, 0.4) is 0 Å². The van der Waals surface area contributed by atoms with Crippen LogP contribution in [0.4, 0.5) is 0 Å². The molecule has 0 aliphatic carbocycles. The van der Waals surface area contributed by atoms with Crippen LogP contribution >= 0.6 is 0 Å². The van der Waals surface area contributed by atoms with Crippen molar-refractivity contribution in [3.63, 3.8) is 0 Å². The third-order valence-corrected chi connectivity index (χ3v) is 2.23. The Balaban J connectivity index is 2.52. The van der Waals surface area contributed by atoms with Crippen LogP contribution in [0.2, 0.25) is 0 Å². The van der Waals surface area contributed by atoms with Crippen LogP contribution in [0.15, 0.2) is 23.8 Å². The first kappa shape index (κ1) is 10.5. The van der Waals surface area contributed by atoms with Gasteiger partial charge in [-0.05, 0) is 32.3 Å². The Hall–Kier alpha value is -0.600. The smallest absolute Gasteiger partial charge is 0.0766 e. The topological polar surface area (TPSA) is 29.5 Å². The Labute approximate surface area is 79.9 Å². The molecule has 2 atom stereocenters. The molecule has 1 saturated heterocycles. The highest BCUT2D eigenvalue weighted by molar-refractivity contribution is 5.20. The van der Waals surface area contributed by atoms with E-state index in [9.17, 15) is 0 Å². The lowest BCUT2D eigenvalue weighted by Gasteiger charge is -2.07. The first-order chi connectivity index (χ1) is 6.26. The summed E-state index contributed by atoms with van der Waals surface area (Å²) >= 11 is 0. The van der Waals surface area contributed by atoms with Gasteiger partial charge in [0, 0.05) is 0 Å². The molecule has 0 aromatic rings. The molecule has 0 aromatic heterocycles. The molecule has 0 unspecified atom stereocenters. The second-order valence-electron chi connectivity index (χ2n) is 3.46. The van der Waals surface area contributed by atoms with Gasteiger partial charge >= 0.3 is 0 Å². The van der Waals surface area contributed by atoms with Gasteiger partial charge in [-0.2, -0.15) is 0 Å². The van der Waals surface area contributed by atoms with Gasteiger partial charge in [-0.1, -0.05) is 18.2 Å². The summed E-state index contributed by atoms with van der Waals surface area (Å²) in [6.07, 6.45) is 8.63. The van der Waals surface area contributed by atoms with Crippen LogP contribution in [-0.2, 0) is 4.74 Å². The molecule has 13 heavy (non-hydrogen) atoms. The van der Waals surface area contributed by atoms with E-state index in [2.05, 4.69) is 6.92 Å². The summed E-state index contributed by atoms with van der Waals surface area (Å²) in [5.74, 6) is 0. The zero-order chi connectivity index (χ0) is 9.68. The normalized spacial score (nSPS) is 30.2. The maximum absolute atomic E-state index is 9.01. The van der Waals surface area contributed by atoms with E-state index in [1.807, 2.05) is 25.2 Å². The van der Waals surface area contributed by atoms with Gasteiger partial charge in [0.2, 0.25) is 0 Å². The monoisotopic (exact) mass is 182 g/mol. The molecular weight excluding hydrogens is 164 g/mol. The van der Waals surface area contributed by atoms with E-state index in [4.69, 9.17) is 9.84 Å². The van der Waals surface area contributed by atoms with Gasteiger partial charge in [0.05, 0.1) is 18.8 Å². The third kappa shape index (κ3) is 3.33. The Morgan fingerprint density at radius 1 is 1.54 bits per heavy atom. The number of aliphatic hydroxyl groups is 1. The van der Waals surface area contributed by atoms with Crippen LogP contribution in [-0.4, -0.2) is 23.9 Å². The standard InChI is InChI=1S/C11H18O2/c1-3-4-10(8-12)7-11-6-5-9(2)13-11/h3-4,7,9,11-12H,5-6,8H2,1-2H3/b4-3+,10-7-/t9-,11+/m1/s1. The molecule has 1 N–H and O–H groups in total. The van der Waals surface area contributed by atoms with Crippen molar-refractivity contribution in [1.29, 1.82) is 0 Å². The van der Waals surface area contributed by atoms with E-state index in [-0.39, 0.29) is 12.7 Å². The molecule has 1 fully saturated rings. The molecule has 0 radical (unpaired) electrons.